The SMILES string of the molecule is CCC(CC)c1cc(C)nn2c(-c3c(C)nn(C)c3C)c(C)nc12. The van der Waals surface area contributed by atoms with E-state index in [9.17, 15) is 0 Å². The molecule has 24 heavy (non-hydrogen) atoms. The summed E-state index contributed by atoms with van der Waals surface area (Å²) in [6, 6.07) is 2.20. The van der Waals surface area contributed by atoms with Gasteiger partial charge in [-0.05, 0) is 52.5 Å². The van der Waals surface area contributed by atoms with Crippen LogP contribution in [0.5, 0.6) is 0 Å². The Bertz CT molecular complexity index is 896. The molecule has 0 bridgehead atoms. The van der Waals surface area contributed by atoms with Crippen molar-refractivity contribution in [2.75, 3.05) is 0 Å². The molecule has 3 rings (SSSR count). The number of aromatic nitrogens is 5. The van der Waals surface area contributed by atoms with Crippen LogP contribution in [0.15, 0.2) is 6.07 Å². The van der Waals surface area contributed by atoms with E-state index in [0.717, 1.165) is 52.5 Å². The molecule has 0 aliphatic rings. The van der Waals surface area contributed by atoms with Gasteiger partial charge >= 0.3 is 0 Å². The third kappa shape index (κ3) is 2.43. The van der Waals surface area contributed by atoms with Crippen LogP contribution in [0.3, 0.4) is 0 Å². The molecule has 0 spiro atoms. The van der Waals surface area contributed by atoms with Crippen molar-refractivity contribution >= 4 is 5.65 Å². The van der Waals surface area contributed by atoms with Crippen molar-refractivity contribution in [3.8, 4) is 11.3 Å². The Labute approximate surface area is 143 Å². The van der Waals surface area contributed by atoms with Crippen LogP contribution >= 0.6 is 0 Å². The normalized spacial score (nSPS) is 11.8. The van der Waals surface area contributed by atoms with Gasteiger partial charge in [0.25, 0.3) is 0 Å². The van der Waals surface area contributed by atoms with Gasteiger partial charge in [0.15, 0.2) is 5.65 Å². The van der Waals surface area contributed by atoms with Crippen molar-refractivity contribution in [3.63, 3.8) is 0 Å². The van der Waals surface area contributed by atoms with Crippen LogP contribution in [0, 0.1) is 27.7 Å². The van der Waals surface area contributed by atoms with Crippen molar-refractivity contribution in [1.82, 2.24) is 24.4 Å². The van der Waals surface area contributed by atoms with Crippen LogP contribution in [-0.2, 0) is 7.05 Å². The Balaban J connectivity index is 2.37. The van der Waals surface area contributed by atoms with E-state index < -0.39 is 0 Å². The Kier molecular flexibility index (Phi) is 4.20. The summed E-state index contributed by atoms with van der Waals surface area (Å²) >= 11 is 0. The van der Waals surface area contributed by atoms with Gasteiger partial charge in [0.2, 0.25) is 0 Å². The van der Waals surface area contributed by atoms with Crippen molar-refractivity contribution in [3.05, 3.63) is 34.4 Å². The van der Waals surface area contributed by atoms with Gasteiger partial charge in [-0.25, -0.2) is 9.50 Å². The summed E-state index contributed by atoms with van der Waals surface area (Å²) in [6.45, 7) is 12.8. The molecule has 0 N–H and O–H groups in total. The second-order valence-electron chi connectivity index (χ2n) is 6.71. The molecule has 0 amide bonds. The molecule has 0 aliphatic carbocycles. The lowest BCUT2D eigenvalue weighted by Gasteiger charge is -2.14. The number of fused-ring (bicyclic) bond motifs is 1. The lowest BCUT2D eigenvalue weighted by atomic mass is 9.95. The number of nitrogens with zero attached hydrogens (tertiary/aromatic N) is 5. The Hall–Kier alpha value is -2.17. The Morgan fingerprint density at radius 2 is 1.67 bits per heavy atom. The summed E-state index contributed by atoms with van der Waals surface area (Å²) in [5, 5.41) is 9.37. The van der Waals surface area contributed by atoms with E-state index in [0.29, 0.717) is 5.92 Å². The molecule has 0 saturated heterocycles. The summed E-state index contributed by atoms with van der Waals surface area (Å²) in [5.74, 6) is 0.514. The average Bonchev–Trinajstić information content (AvgIpc) is 2.97. The minimum Gasteiger partial charge on any atom is -0.272 e. The highest BCUT2D eigenvalue weighted by molar-refractivity contribution is 5.72. The highest BCUT2D eigenvalue weighted by Gasteiger charge is 2.23. The number of imidazole rings is 1. The first-order chi connectivity index (χ1) is 11.4. The fraction of sp³-hybridized carbons (Fsp3) is 0.526. The molecule has 0 saturated carbocycles. The average molecular weight is 325 g/mol. The zero-order valence-electron chi connectivity index (χ0n) is 15.8. The lowest BCUT2D eigenvalue weighted by molar-refractivity contribution is 0.638. The molecular formula is C19H27N5. The molecule has 3 aromatic heterocycles. The molecular weight excluding hydrogens is 298 g/mol. The number of hydrogen-bond acceptors (Lipinski definition) is 3. The second-order valence-corrected chi connectivity index (χ2v) is 6.71. The Morgan fingerprint density at radius 1 is 1.00 bits per heavy atom. The molecule has 5 heteroatoms. The van der Waals surface area contributed by atoms with Crippen molar-refractivity contribution in [2.45, 2.75) is 60.3 Å². The van der Waals surface area contributed by atoms with Gasteiger partial charge in [-0.3, -0.25) is 4.68 Å². The second kappa shape index (κ2) is 6.04. The van der Waals surface area contributed by atoms with Crippen molar-refractivity contribution in [2.24, 2.45) is 7.05 Å². The molecule has 5 nitrogen and oxygen atoms in total. The van der Waals surface area contributed by atoms with Gasteiger partial charge < -0.3 is 0 Å². The van der Waals surface area contributed by atoms with Crippen LogP contribution in [0.4, 0.5) is 0 Å². The maximum atomic E-state index is 4.90. The van der Waals surface area contributed by atoms with Crippen LogP contribution in [0.1, 0.15) is 60.9 Å². The smallest absolute Gasteiger partial charge is 0.157 e. The summed E-state index contributed by atoms with van der Waals surface area (Å²) in [6.07, 6.45) is 2.23. The summed E-state index contributed by atoms with van der Waals surface area (Å²) in [4.78, 5) is 4.90. The van der Waals surface area contributed by atoms with E-state index in [-0.39, 0.29) is 0 Å². The van der Waals surface area contributed by atoms with Gasteiger partial charge in [0.1, 0.15) is 0 Å². The largest absolute Gasteiger partial charge is 0.272 e. The molecule has 0 atom stereocenters. The predicted molar refractivity (Wildman–Crippen MR) is 97.5 cm³/mol. The summed E-state index contributed by atoms with van der Waals surface area (Å²) in [7, 11) is 1.98. The van der Waals surface area contributed by atoms with Gasteiger partial charge in [-0.2, -0.15) is 10.2 Å². The molecule has 0 unspecified atom stereocenters. The van der Waals surface area contributed by atoms with E-state index in [4.69, 9.17) is 10.1 Å². The van der Waals surface area contributed by atoms with Crippen LogP contribution in [0.25, 0.3) is 16.9 Å². The number of aryl methyl sites for hydroxylation is 4. The molecule has 0 radical (unpaired) electrons. The number of rotatable bonds is 4. The third-order valence-corrected chi connectivity index (χ3v) is 5.08. The van der Waals surface area contributed by atoms with E-state index in [1.54, 1.807) is 0 Å². The Morgan fingerprint density at radius 3 is 2.21 bits per heavy atom. The molecule has 3 aromatic rings. The topological polar surface area (TPSA) is 48.0 Å². The predicted octanol–water partition coefficient (Wildman–Crippen LogP) is 4.27. The zero-order valence-corrected chi connectivity index (χ0v) is 15.8. The molecule has 3 heterocycles. The maximum absolute atomic E-state index is 4.90. The molecule has 0 aromatic carbocycles. The third-order valence-electron chi connectivity index (χ3n) is 5.08. The first-order valence-corrected chi connectivity index (χ1v) is 8.76. The standard InChI is InChI=1S/C19H27N5/c1-8-15(9-2)16-10-11(3)21-24-18(13(5)20-19(16)24)17-12(4)22-23(7)14(17)6/h10,15H,8-9H2,1-7H3. The fourth-order valence-corrected chi connectivity index (χ4v) is 3.71. The van der Waals surface area contributed by atoms with Crippen molar-refractivity contribution < 1.29 is 0 Å². The summed E-state index contributed by atoms with van der Waals surface area (Å²) in [5.41, 5.74) is 8.73. The van der Waals surface area contributed by atoms with Crippen LogP contribution in [-0.4, -0.2) is 24.4 Å². The molecule has 0 fully saturated rings. The molecule has 128 valence electrons. The van der Waals surface area contributed by atoms with E-state index in [1.165, 1.54) is 5.56 Å². The van der Waals surface area contributed by atoms with Gasteiger partial charge in [0.05, 0.1) is 22.8 Å². The van der Waals surface area contributed by atoms with Gasteiger partial charge in [-0.15, -0.1) is 0 Å². The quantitative estimate of drug-likeness (QED) is 0.720. The van der Waals surface area contributed by atoms with E-state index >= 15 is 0 Å². The lowest BCUT2D eigenvalue weighted by Crippen LogP contribution is -2.05. The fourth-order valence-electron chi connectivity index (χ4n) is 3.71. The highest BCUT2D eigenvalue weighted by Crippen LogP contribution is 2.33. The summed E-state index contributed by atoms with van der Waals surface area (Å²) < 4.78 is 3.97. The monoisotopic (exact) mass is 325 g/mol. The van der Waals surface area contributed by atoms with Gasteiger partial charge in [0, 0.05) is 23.9 Å². The van der Waals surface area contributed by atoms with Crippen molar-refractivity contribution in [1.29, 1.82) is 0 Å². The van der Waals surface area contributed by atoms with E-state index in [1.807, 2.05) is 16.2 Å². The minimum absolute atomic E-state index is 0.514. The van der Waals surface area contributed by atoms with Crippen LogP contribution < -0.4 is 0 Å². The first kappa shape index (κ1) is 16.7. The van der Waals surface area contributed by atoms with E-state index in [2.05, 4.69) is 52.7 Å². The minimum atomic E-state index is 0.514. The zero-order chi connectivity index (χ0) is 17.6. The highest BCUT2D eigenvalue weighted by atomic mass is 15.3. The van der Waals surface area contributed by atoms with Crippen LogP contribution in [0.2, 0.25) is 0 Å². The van der Waals surface area contributed by atoms with Gasteiger partial charge in [-0.1, -0.05) is 13.8 Å². The maximum Gasteiger partial charge on any atom is 0.157 e. The molecule has 0 aliphatic heterocycles. The number of hydrogen-bond donors (Lipinski definition) is 0. The first-order valence-electron chi connectivity index (χ1n) is 8.76.